The van der Waals surface area contributed by atoms with E-state index < -0.39 is 0 Å². The van der Waals surface area contributed by atoms with E-state index in [1.54, 1.807) is 0 Å². The van der Waals surface area contributed by atoms with Crippen LogP contribution in [0.4, 0.5) is 0 Å². The Kier molecular flexibility index (Phi) is 5.37. The minimum Gasteiger partial charge on any atom is -0.376 e. The number of nitrogens with one attached hydrogen (secondary N) is 1. The second-order valence-electron chi connectivity index (χ2n) is 5.82. The highest BCUT2D eigenvalue weighted by Gasteiger charge is 2.42. The Balaban J connectivity index is 1.51. The molecule has 2 fully saturated rings. The first-order valence-electron chi connectivity index (χ1n) is 7.23. The van der Waals surface area contributed by atoms with Gasteiger partial charge in [0.1, 0.15) is 0 Å². The fourth-order valence-corrected chi connectivity index (χ4v) is 3.05. The van der Waals surface area contributed by atoms with Gasteiger partial charge in [-0.1, -0.05) is 19.3 Å². The Morgan fingerprint density at radius 2 is 2.00 bits per heavy atom. The zero-order valence-electron chi connectivity index (χ0n) is 11.1. The highest BCUT2D eigenvalue weighted by molar-refractivity contribution is 7.80. The summed E-state index contributed by atoms with van der Waals surface area (Å²) < 4.78 is 5.78. The van der Waals surface area contributed by atoms with Crippen LogP contribution in [0.15, 0.2) is 0 Å². The van der Waals surface area contributed by atoms with Crippen LogP contribution in [0.25, 0.3) is 0 Å². The molecule has 0 heterocycles. The van der Waals surface area contributed by atoms with Gasteiger partial charge >= 0.3 is 0 Å². The Bertz CT molecular complexity index is 273. The summed E-state index contributed by atoms with van der Waals surface area (Å²) in [5.41, 5.74) is 0.220. The van der Waals surface area contributed by atoms with Crippen molar-refractivity contribution in [3.63, 3.8) is 0 Å². The predicted octanol–water partition coefficient (Wildman–Crippen LogP) is 2.55. The predicted molar refractivity (Wildman–Crippen MR) is 76.0 cm³/mol. The molecule has 0 aromatic carbocycles. The van der Waals surface area contributed by atoms with Crippen molar-refractivity contribution in [2.24, 2.45) is 5.41 Å². The van der Waals surface area contributed by atoms with Crippen LogP contribution in [0.3, 0.4) is 0 Å². The van der Waals surface area contributed by atoms with Crippen molar-refractivity contribution in [2.75, 3.05) is 18.9 Å². The Morgan fingerprint density at radius 3 is 2.61 bits per heavy atom. The number of ether oxygens (including phenoxy) is 1. The van der Waals surface area contributed by atoms with Crippen molar-refractivity contribution >= 4 is 18.5 Å². The number of carbonyl (C=O) groups excluding carboxylic acids is 1. The Hall–Kier alpha value is -0.220. The van der Waals surface area contributed by atoms with Crippen LogP contribution in [-0.4, -0.2) is 30.9 Å². The maximum Gasteiger partial charge on any atom is 0.220 e. The van der Waals surface area contributed by atoms with Gasteiger partial charge in [-0.2, -0.15) is 12.6 Å². The van der Waals surface area contributed by atoms with Crippen LogP contribution in [0.5, 0.6) is 0 Å². The van der Waals surface area contributed by atoms with E-state index in [0.29, 0.717) is 25.7 Å². The monoisotopic (exact) mass is 271 g/mol. The van der Waals surface area contributed by atoms with Gasteiger partial charge in [0, 0.05) is 13.0 Å². The van der Waals surface area contributed by atoms with Crippen molar-refractivity contribution in [3.8, 4) is 0 Å². The van der Waals surface area contributed by atoms with Crippen molar-refractivity contribution in [1.29, 1.82) is 0 Å². The number of thiol groups is 1. The third kappa shape index (κ3) is 4.47. The van der Waals surface area contributed by atoms with Gasteiger partial charge in [-0.3, -0.25) is 4.79 Å². The fourth-order valence-electron chi connectivity index (χ4n) is 2.62. The molecule has 2 saturated carbocycles. The molecule has 2 rings (SSSR count). The molecule has 3 nitrogen and oxygen atoms in total. The SMILES string of the molecule is O=C(CC1(CS)CC1)NCCOC1CCCCC1. The van der Waals surface area contributed by atoms with Crippen LogP contribution >= 0.6 is 12.6 Å². The summed E-state index contributed by atoms with van der Waals surface area (Å²) in [4.78, 5) is 11.7. The molecule has 0 aliphatic heterocycles. The lowest BCUT2D eigenvalue weighted by molar-refractivity contribution is -0.122. The summed E-state index contributed by atoms with van der Waals surface area (Å²) in [6, 6.07) is 0. The number of carbonyl (C=O) groups is 1. The lowest BCUT2D eigenvalue weighted by Gasteiger charge is -2.22. The molecule has 2 aliphatic rings. The van der Waals surface area contributed by atoms with Crippen LogP contribution in [0, 0.1) is 5.41 Å². The minimum atomic E-state index is 0.161. The van der Waals surface area contributed by atoms with Crippen LogP contribution in [-0.2, 0) is 9.53 Å². The molecule has 0 aromatic heterocycles. The van der Waals surface area contributed by atoms with Crippen molar-refractivity contribution in [3.05, 3.63) is 0 Å². The van der Waals surface area contributed by atoms with Crippen LogP contribution in [0.2, 0.25) is 0 Å². The third-order valence-corrected chi connectivity index (χ3v) is 4.83. The van der Waals surface area contributed by atoms with Gasteiger partial charge in [-0.05, 0) is 36.9 Å². The second-order valence-corrected chi connectivity index (χ2v) is 6.13. The Morgan fingerprint density at radius 1 is 1.28 bits per heavy atom. The lowest BCUT2D eigenvalue weighted by atomic mass is 9.98. The van der Waals surface area contributed by atoms with E-state index in [1.807, 2.05) is 0 Å². The summed E-state index contributed by atoms with van der Waals surface area (Å²) in [6.07, 6.45) is 9.70. The smallest absolute Gasteiger partial charge is 0.220 e. The van der Waals surface area contributed by atoms with E-state index in [2.05, 4.69) is 17.9 Å². The zero-order chi connectivity index (χ0) is 12.8. The van der Waals surface area contributed by atoms with Gasteiger partial charge in [-0.15, -0.1) is 0 Å². The molecule has 1 amide bonds. The molecule has 104 valence electrons. The maximum atomic E-state index is 11.7. The van der Waals surface area contributed by atoms with Gasteiger partial charge in [0.05, 0.1) is 12.7 Å². The molecular formula is C14H25NO2S. The van der Waals surface area contributed by atoms with E-state index in [1.165, 1.54) is 32.1 Å². The third-order valence-electron chi connectivity index (χ3n) is 4.16. The average Bonchev–Trinajstić information content (AvgIpc) is 3.16. The maximum absolute atomic E-state index is 11.7. The van der Waals surface area contributed by atoms with Gasteiger partial charge < -0.3 is 10.1 Å². The van der Waals surface area contributed by atoms with Gasteiger partial charge in [-0.25, -0.2) is 0 Å². The van der Waals surface area contributed by atoms with Gasteiger partial charge in [0.15, 0.2) is 0 Å². The topological polar surface area (TPSA) is 38.3 Å². The summed E-state index contributed by atoms with van der Waals surface area (Å²) in [7, 11) is 0. The minimum absolute atomic E-state index is 0.161. The van der Waals surface area contributed by atoms with Crippen molar-refractivity contribution in [2.45, 2.75) is 57.5 Å². The highest BCUT2D eigenvalue weighted by Crippen LogP contribution is 2.49. The van der Waals surface area contributed by atoms with E-state index in [9.17, 15) is 4.79 Å². The number of rotatable bonds is 7. The molecule has 0 saturated heterocycles. The van der Waals surface area contributed by atoms with Crippen LogP contribution < -0.4 is 5.32 Å². The number of hydrogen-bond acceptors (Lipinski definition) is 3. The lowest BCUT2D eigenvalue weighted by Crippen LogP contribution is -2.31. The number of hydrogen-bond donors (Lipinski definition) is 2. The highest BCUT2D eigenvalue weighted by atomic mass is 32.1. The molecule has 0 bridgehead atoms. The van der Waals surface area contributed by atoms with Crippen LogP contribution in [0.1, 0.15) is 51.4 Å². The van der Waals surface area contributed by atoms with Crippen molar-refractivity contribution in [1.82, 2.24) is 5.32 Å². The summed E-state index contributed by atoms with van der Waals surface area (Å²) in [5, 5.41) is 2.95. The molecule has 18 heavy (non-hydrogen) atoms. The zero-order valence-corrected chi connectivity index (χ0v) is 12.0. The first-order chi connectivity index (χ1) is 8.74. The largest absolute Gasteiger partial charge is 0.376 e. The molecule has 4 heteroatoms. The molecule has 1 N–H and O–H groups in total. The Labute approximate surface area is 115 Å². The molecule has 2 aliphatic carbocycles. The normalized spacial score (nSPS) is 22.7. The average molecular weight is 271 g/mol. The van der Waals surface area contributed by atoms with E-state index in [-0.39, 0.29) is 11.3 Å². The first-order valence-corrected chi connectivity index (χ1v) is 7.87. The summed E-state index contributed by atoms with van der Waals surface area (Å²) in [5.74, 6) is 0.993. The van der Waals surface area contributed by atoms with E-state index in [0.717, 1.165) is 18.6 Å². The quantitative estimate of drug-likeness (QED) is 0.552. The number of amides is 1. The summed E-state index contributed by atoms with van der Waals surface area (Å²) in [6.45, 7) is 1.31. The van der Waals surface area contributed by atoms with E-state index >= 15 is 0 Å². The molecule has 0 unspecified atom stereocenters. The van der Waals surface area contributed by atoms with Gasteiger partial charge in [0.25, 0.3) is 0 Å². The molecule has 0 radical (unpaired) electrons. The molecule has 0 atom stereocenters. The summed E-state index contributed by atoms with van der Waals surface area (Å²) >= 11 is 4.31. The first kappa shape index (κ1) is 14.2. The van der Waals surface area contributed by atoms with E-state index in [4.69, 9.17) is 4.74 Å². The second kappa shape index (κ2) is 6.80. The molecular weight excluding hydrogens is 246 g/mol. The standard InChI is InChI=1S/C14H25NO2S/c16-13(10-14(11-18)6-7-14)15-8-9-17-12-4-2-1-3-5-12/h12,18H,1-11H2,(H,15,16). The van der Waals surface area contributed by atoms with Gasteiger partial charge in [0.2, 0.25) is 5.91 Å². The molecule has 0 aromatic rings. The molecule has 0 spiro atoms. The van der Waals surface area contributed by atoms with Crippen molar-refractivity contribution < 1.29 is 9.53 Å². The fraction of sp³-hybridized carbons (Fsp3) is 0.929.